The monoisotopic (exact) mass is 270 g/mol. The van der Waals surface area contributed by atoms with Crippen LogP contribution in [-0.4, -0.2) is 28.9 Å². The van der Waals surface area contributed by atoms with Crippen LogP contribution in [0.3, 0.4) is 0 Å². The average Bonchev–Trinajstić information content (AvgIpc) is 2.26. The molecule has 0 aliphatic carbocycles. The van der Waals surface area contributed by atoms with Crippen molar-refractivity contribution in [3.05, 3.63) is 35.6 Å². The lowest BCUT2D eigenvalue weighted by atomic mass is 10.2. The van der Waals surface area contributed by atoms with Crippen molar-refractivity contribution in [1.29, 1.82) is 0 Å². The molecule has 7 heteroatoms. The summed E-state index contributed by atoms with van der Waals surface area (Å²) in [5, 5.41) is 1.26. The van der Waals surface area contributed by atoms with Gasteiger partial charge in [-0.3, -0.25) is 21.0 Å². The van der Waals surface area contributed by atoms with Gasteiger partial charge in [0.1, 0.15) is 17.2 Å². The van der Waals surface area contributed by atoms with Crippen molar-refractivity contribution in [1.82, 2.24) is 10.4 Å². The lowest BCUT2D eigenvalue weighted by Gasteiger charge is -2.20. The highest BCUT2D eigenvalue weighted by atomic mass is 32.1. The molecule has 0 saturated carbocycles. The molecule has 0 unspecified atom stereocenters. The quantitative estimate of drug-likeness (QED) is 0.446. The van der Waals surface area contributed by atoms with Gasteiger partial charge < -0.3 is 0 Å². The van der Waals surface area contributed by atoms with Gasteiger partial charge in [-0.25, -0.2) is 9.18 Å². The minimum absolute atomic E-state index is 0.249. The van der Waals surface area contributed by atoms with Crippen molar-refractivity contribution >= 4 is 29.0 Å². The number of halogens is 1. The van der Waals surface area contributed by atoms with Gasteiger partial charge in [0.15, 0.2) is 0 Å². The lowest BCUT2D eigenvalue weighted by molar-refractivity contribution is -0.304. The fourth-order valence-corrected chi connectivity index (χ4v) is 1.44. The summed E-state index contributed by atoms with van der Waals surface area (Å²) in [5.41, 5.74) is 5.96. The third-order valence-electron chi connectivity index (χ3n) is 2.03. The van der Waals surface area contributed by atoms with Crippen LogP contribution in [0.4, 0.5) is 4.39 Å². The van der Waals surface area contributed by atoms with E-state index in [2.05, 4.69) is 11.2 Å². The van der Waals surface area contributed by atoms with E-state index in [-0.39, 0.29) is 11.4 Å². The molecular weight excluding hydrogens is 257 g/mol. The van der Waals surface area contributed by atoms with Crippen LogP contribution in [0.2, 0.25) is 0 Å². The maximum Gasteiger partial charge on any atom is 0.318 e. The molecule has 0 saturated heterocycles. The third-order valence-corrected chi connectivity index (χ3v) is 2.54. The summed E-state index contributed by atoms with van der Waals surface area (Å²) in [7, 11) is 1.51. The smallest absolute Gasteiger partial charge is 0.294 e. The highest BCUT2D eigenvalue weighted by Crippen LogP contribution is 2.06. The molecule has 2 amide bonds. The van der Waals surface area contributed by atoms with Gasteiger partial charge >= 0.3 is 5.91 Å². The maximum absolute atomic E-state index is 13.0. The van der Waals surface area contributed by atoms with Crippen molar-refractivity contribution in [2.75, 3.05) is 7.05 Å². The molecular formula is C11H13FN3O2S+. The molecule has 5 nitrogen and oxygen atoms in total. The Morgan fingerprint density at radius 2 is 2.17 bits per heavy atom. The third kappa shape index (κ3) is 4.19. The van der Waals surface area contributed by atoms with E-state index in [1.54, 1.807) is 6.07 Å². The molecule has 0 spiro atoms. The molecule has 0 aliphatic rings. The normalized spacial score (nSPS) is 9.72. The Hall–Kier alpha value is -1.86. The van der Waals surface area contributed by atoms with Crippen LogP contribution in [0.1, 0.15) is 12.0 Å². The molecule has 0 heterocycles. The first-order valence-electron chi connectivity index (χ1n) is 5.08. The Morgan fingerprint density at radius 1 is 1.50 bits per heavy atom. The minimum atomic E-state index is -0.517. The predicted molar refractivity (Wildman–Crippen MR) is 66.5 cm³/mol. The maximum atomic E-state index is 13.0. The van der Waals surface area contributed by atoms with E-state index in [0.29, 0.717) is 5.56 Å². The molecule has 0 fully saturated rings. The molecule has 0 aliphatic heterocycles. The van der Waals surface area contributed by atoms with Crippen LogP contribution in [-0.2, 0) is 9.59 Å². The van der Waals surface area contributed by atoms with Crippen molar-refractivity contribution in [2.24, 2.45) is 0 Å². The summed E-state index contributed by atoms with van der Waals surface area (Å²) in [5.74, 6) is -1.42. The fraction of sp³-hybridized carbons (Fsp3) is 0.182. The molecule has 0 bridgehead atoms. The highest BCUT2D eigenvalue weighted by Gasteiger charge is 2.13. The first kappa shape index (κ1) is 14.2. The number of hydrogen-bond donors (Lipinski definition) is 2. The highest BCUT2D eigenvalue weighted by molar-refractivity contribution is 7.80. The van der Waals surface area contributed by atoms with Crippen molar-refractivity contribution in [3.63, 3.8) is 0 Å². The second kappa shape index (κ2) is 6.18. The van der Waals surface area contributed by atoms with Crippen molar-refractivity contribution < 1.29 is 19.7 Å². The van der Waals surface area contributed by atoms with Crippen LogP contribution in [0, 0.1) is 5.82 Å². The second-order valence-electron chi connectivity index (χ2n) is 3.62. The second-order valence-corrected chi connectivity index (χ2v) is 4.01. The van der Waals surface area contributed by atoms with E-state index in [1.165, 1.54) is 30.3 Å². The molecule has 0 radical (unpaired) electrons. The van der Waals surface area contributed by atoms with Gasteiger partial charge in [0, 0.05) is 12.6 Å². The van der Waals surface area contributed by atoms with Crippen molar-refractivity contribution in [2.45, 2.75) is 6.42 Å². The van der Waals surface area contributed by atoms with Gasteiger partial charge in [0.25, 0.3) is 5.91 Å². The molecule has 0 aromatic heterocycles. The number of thiocarbonyl (C=S) groups is 1. The van der Waals surface area contributed by atoms with Crippen LogP contribution >= 0.6 is 12.2 Å². The zero-order chi connectivity index (χ0) is 13.7. The van der Waals surface area contributed by atoms with E-state index < -0.39 is 17.6 Å². The Labute approximate surface area is 109 Å². The van der Waals surface area contributed by atoms with Gasteiger partial charge in [-0.05, 0) is 12.1 Å². The van der Waals surface area contributed by atoms with Gasteiger partial charge in [-0.1, -0.05) is 24.4 Å². The number of nitrogens with one attached hydrogen (secondary N) is 1. The molecule has 1 rings (SSSR count). The molecule has 1 aromatic carbocycles. The SMILES string of the molecule is CN(NC(=O)CC([NH3+])=O)C(=S)c1cccc(F)c1. The van der Waals surface area contributed by atoms with Crippen molar-refractivity contribution in [3.8, 4) is 0 Å². The number of carbonyl (C=O) groups excluding carboxylic acids is 2. The zero-order valence-corrected chi connectivity index (χ0v) is 10.6. The van der Waals surface area contributed by atoms with E-state index in [4.69, 9.17) is 12.2 Å². The molecule has 96 valence electrons. The molecule has 0 atom stereocenters. The number of quaternary nitrogens is 1. The van der Waals surface area contributed by atoms with E-state index >= 15 is 0 Å². The number of nitrogens with zero attached hydrogens (tertiary/aromatic N) is 1. The number of hydrogen-bond acceptors (Lipinski definition) is 3. The lowest BCUT2D eigenvalue weighted by Crippen LogP contribution is -2.59. The summed E-state index contributed by atoms with van der Waals surface area (Å²) in [6.07, 6.45) is -0.323. The molecule has 18 heavy (non-hydrogen) atoms. The fourth-order valence-electron chi connectivity index (χ4n) is 1.27. The van der Waals surface area contributed by atoms with Gasteiger partial charge in [0.05, 0.1) is 0 Å². The average molecular weight is 270 g/mol. The number of benzene rings is 1. The Morgan fingerprint density at radius 3 is 2.72 bits per heavy atom. The predicted octanol–water partition coefficient (Wildman–Crippen LogP) is -0.377. The van der Waals surface area contributed by atoms with E-state index in [9.17, 15) is 14.0 Å². The van der Waals surface area contributed by atoms with Crippen LogP contribution < -0.4 is 11.2 Å². The zero-order valence-electron chi connectivity index (χ0n) is 9.77. The van der Waals surface area contributed by atoms with Gasteiger partial charge in [0.2, 0.25) is 0 Å². The molecule has 1 aromatic rings. The van der Waals surface area contributed by atoms with E-state index in [0.717, 1.165) is 0 Å². The minimum Gasteiger partial charge on any atom is -0.294 e. The van der Waals surface area contributed by atoms with Gasteiger partial charge in [-0.2, -0.15) is 0 Å². The number of carbonyl (C=O) groups is 2. The number of amides is 2. The van der Waals surface area contributed by atoms with Crippen LogP contribution in [0.15, 0.2) is 24.3 Å². The van der Waals surface area contributed by atoms with E-state index in [1.807, 2.05) is 0 Å². The summed E-state index contributed by atoms with van der Waals surface area (Å²) in [4.78, 5) is 22.2. The number of hydrazine groups is 1. The summed E-state index contributed by atoms with van der Waals surface area (Å²) in [6, 6.07) is 5.70. The summed E-state index contributed by atoms with van der Waals surface area (Å²) in [6.45, 7) is 0. The Bertz CT molecular complexity index is 493. The molecule has 4 N–H and O–H groups in total. The van der Waals surface area contributed by atoms with Crippen LogP contribution in [0.25, 0.3) is 0 Å². The Balaban J connectivity index is 2.67. The van der Waals surface area contributed by atoms with Crippen LogP contribution in [0.5, 0.6) is 0 Å². The topological polar surface area (TPSA) is 77.1 Å². The largest absolute Gasteiger partial charge is 0.318 e. The summed E-state index contributed by atoms with van der Waals surface area (Å²) < 4.78 is 13.0. The summed E-state index contributed by atoms with van der Waals surface area (Å²) >= 11 is 5.08. The van der Waals surface area contributed by atoms with Gasteiger partial charge in [-0.15, -0.1) is 0 Å². The standard InChI is InChI=1S/C11H12FN3O2S/c1-15(14-10(17)6-9(13)16)11(18)7-3-2-4-8(12)5-7/h2-5H,6H2,1H3,(H2,13,16)(H,14,17)/p+1. The first-order valence-corrected chi connectivity index (χ1v) is 5.49. The number of rotatable bonds is 3. The Kier molecular flexibility index (Phi) is 4.87. The first-order chi connectivity index (χ1) is 8.40.